The molecule has 0 radical (unpaired) electrons. The Hall–Kier alpha value is -1.75. The lowest BCUT2D eigenvalue weighted by Gasteiger charge is -2.32. The molecular formula is C19H32N4O. The van der Waals surface area contributed by atoms with Gasteiger partial charge in [0.2, 0.25) is 0 Å². The molecule has 1 saturated heterocycles. The van der Waals surface area contributed by atoms with Gasteiger partial charge in [0.15, 0.2) is 5.96 Å². The number of aliphatic imine (C=N–C) groups is 1. The second kappa shape index (κ2) is 10.2. The van der Waals surface area contributed by atoms with Gasteiger partial charge >= 0.3 is 0 Å². The number of likely N-dealkylation sites (N-methyl/N-ethyl adjacent to an activating group) is 1. The zero-order chi connectivity index (χ0) is 17.2. The van der Waals surface area contributed by atoms with Gasteiger partial charge in [0, 0.05) is 27.2 Å². The summed E-state index contributed by atoms with van der Waals surface area (Å²) in [6.45, 7) is 8.29. The van der Waals surface area contributed by atoms with Crippen molar-refractivity contribution in [3.8, 4) is 5.75 Å². The van der Waals surface area contributed by atoms with Gasteiger partial charge in [-0.25, -0.2) is 0 Å². The van der Waals surface area contributed by atoms with Crippen LogP contribution in [0.2, 0.25) is 0 Å². The van der Waals surface area contributed by atoms with Crippen molar-refractivity contribution in [3.05, 3.63) is 30.3 Å². The van der Waals surface area contributed by atoms with Crippen LogP contribution in [0.5, 0.6) is 5.75 Å². The number of hydrogen-bond acceptors (Lipinski definition) is 3. The van der Waals surface area contributed by atoms with Crippen LogP contribution in [-0.2, 0) is 0 Å². The van der Waals surface area contributed by atoms with Gasteiger partial charge in [-0.05, 0) is 44.0 Å². The number of para-hydroxylation sites is 1. The third-order valence-electron chi connectivity index (χ3n) is 4.61. The Kier molecular flexibility index (Phi) is 7.89. The minimum atomic E-state index is 0.647. The summed E-state index contributed by atoms with van der Waals surface area (Å²) in [7, 11) is 3.90. The van der Waals surface area contributed by atoms with Gasteiger partial charge in [-0.15, -0.1) is 0 Å². The number of ether oxygens (including phenoxy) is 1. The molecule has 1 N–H and O–H groups in total. The van der Waals surface area contributed by atoms with Crippen LogP contribution in [0.4, 0.5) is 0 Å². The Bertz CT molecular complexity index is 491. The Morgan fingerprint density at radius 2 is 2.17 bits per heavy atom. The Balaban J connectivity index is 1.70. The molecule has 0 amide bonds. The summed E-state index contributed by atoms with van der Waals surface area (Å²) in [5.74, 6) is 2.57. The van der Waals surface area contributed by atoms with Crippen LogP contribution in [0.25, 0.3) is 0 Å². The quantitative estimate of drug-likeness (QED) is 0.614. The summed E-state index contributed by atoms with van der Waals surface area (Å²) in [6.07, 6.45) is 2.61. The molecule has 1 fully saturated rings. The molecule has 2 rings (SSSR count). The number of hydrogen-bond donors (Lipinski definition) is 1. The normalized spacial score (nSPS) is 19.1. The number of nitrogens with one attached hydrogen (secondary N) is 1. The highest BCUT2D eigenvalue weighted by Crippen LogP contribution is 2.15. The van der Waals surface area contributed by atoms with Crippen molar-refractivity contribution in [3.63, 3.8) is 0 Å². The van der Waals surface area contributed by atoms with E-state index in [9.17, 15) is 0 Å². The maximum atomic E-state index is 5.76. The van der Waals surface area contributed by atoms with Gasteiger partial charge in [0.1, 0.15) is 12.4 Å². The molecule has 1 aromatic carbocycles. The average molecular weight is 332 g/mol. The van der Waals surface area contributed by atoms with E-state index < -0.39 is 0 Å². The van der Waals surface area contributed by atoms with Crippen molar-refractivity contribution in [1.29, 1.82) is 0 Å². The molecule has 1 aromatic rings. The number of rotatable bonds is 7. The number of likely N-dealkylation sites (tertiary alicyclic amines) is 1. The molecular weight excluding hydrogens is 300 g/mol. The summed E-state index contributed by atoms with van der Waals surface area (Å²) in [4.78, 5) is 9.07. The van der Waals surface area contributed by atoms with E-state index in [-0.39, 0.29) is 0 Å². The van der Waals surface area contributed by atoms with Gasteiger partial charge in [0.25, 0.3) is 0 Å². The lowest BCUT2D eigenvalue weighted by Crippen LogP contribution is -2.45. The van der Waals surface area contributed by atoms with Crippen molar-refractivity contribution in [2.75, 3.05) is 53.4 Å². The fourth-order valence-corrected chi connectivity index (χ4v) is 3.15. The number of nitrogens with zero attached hydrogens (tertiary/aromatic N) is 3. The van der Waals surface area contributed by atoms with E-state index in [4.69, 9.17) is 4.74 Å². The third kappa shape index (κ3) is 6.04. The van der Waals surface area contributed by atoms with Crippen molar-refractivity contribution >= 4 is 5.96 Å². The highest BCUT2D eigenvalue weighted by atomic mass is 16.5. The first kappa shape index (κ1) is 18.6. The van der Waals surface area contributed by atoms with Gasteiger partial charge in [-0.3, -0.25) is 4.99 Å². The molecule has 1 heterocycles. The van der Waals surface area contributed by atoms with Crippen molar-refractivity contribution < 1.29 is 4.74 Å². The topological polar surface area (TPSA) is 40.1 Å². The van der Waals surface area contributed by atoms with E-state index in [0.29, 0.717) is 12.5 Å². The molecule has 24 heavy (non-hydrogen) atoms. The summed E-state index contributed by atoms with van der Waals surface area (Å²) in [5, 5.41) is 3.53. The fraction of sp³-hybridized carbons (Fsp3) is 0.632. The van der Waals surface area contributed by atoms with Crippen LogP contribution in [0.3, 0.4) is 0 Å². The van der Waals surface area contributed by atoms with E-state index in [2.05, 4.69) is 34.1 Å². The van der Waals surface area contributed by atoms with Gasteiger partial charge in [0.05, 0.1) is 6.54 Å². The van der Waals surface area contributed by atoms with E-state index in [0.717, 1.165) is 31.3 Å². The monoisotopic (exact) mass is 332 g/mol. The highest BCUT2D eigenvalue weighted by Gasteiger charge is 2.19. The van der Waals surface area contributed by atoms with E-state index in [1.165, 1.54) is 25.9 Å². The average Bonchev–Trinajstić information content (AvgIpc) is 2.63. The van der Waals surface area contributed by atoms with Crippen LogP contribution in [0.15, 0.2) is 35.3 Å². The van der Waals surface area contributed by atoms with Crippen molar-refractivity contribution in [1.82, 2.24) is 15.1 Å². The summed E-state index contributed by atoms with van der Waals surface area (Å²) in [5.41, 5.74) is 0. The molecule has 5 nitrogen and oxygen atoms in total. The summed E-state index contributed by atoms with van der Waals surface area (Å²) < 4.78 is 5.76. The van der Waals surface area contributed by atoms with Gasteiger partial charge < -0.3 is 19.9 Å². The minimum absolute atomic E-state index is 0.647. The van der Waals surface area contributed by atoms with Crippen LogP contribution in [0.1, 0.15) is 19.8 Å². The van der Waals surface area contributed by atoms with E-state index in [1.807, 2.05) is 37.4 Å². The SMILES string of the molecule is CCN1CCCC(CNC(=NC)N(C)CCOc2ccccc2)C1. The first-order chi connectivity index (χ1) is 11.7. The number of guanidine groups is 1. The third-order valence-corrected chi connectivity index (χ3v) is 4.61. The smallest absolute Gasteiger partial charge is 0.193 e. The molecule has 5 heteroatoms. The van der Waals surface area contributed by atoms with Gasteiger partial charge in [-0.2, -0.15) is 0 Å². The predicted molar refractivity (Wildman–Crippen MR) is 101 cm³/mol. The molecule has 0 spiro atoms. The first-order valence-corrected chi connectivity index (χ1v) is 9.05. The highest BCUT2D eigenvalue weighted by molar-refractivity contribution is 5.79. The standard InChI is InChI=1S/C19H32N4O/c1-4-23-12-8-9-17(16-23)15-21-19(20-2)22(3)13-14-24-18-10-6-5-7-11-18/h5-7,10-11,17H,4,8-9,12-16H2,1-3H3,(H,20,21). The molecule has 1 unspecified atom stereocenters. The largest absolute Gasteiger partial charge is 0.492 e. The molecule has 0 saturated carbocycles. The lowest BCUT2D eigenvalue weighted by molar-refractivity contribution is 0.182. The lowest BCUT2D eigenvalue weighted by atomic mass is 9.98. The van der Waals surface area contributed by atoms with Crippen LogP contribution >= 0.6 is 0 Å². The molecule has 1 aliphatic rings. The molecule has 1 atom stereocenters. The van der Waals surface area contributed by atoms with Crippen LogP contribution in [-0.4, -0.2) is 69.2 Å². The maximum absolute atomic E-state index is 5.76. The van der Waals surface area contributed by atoms with Crippen molar-refractivity contribution in [2.24, 2.45) is 10.9 Å². The molecule has 134 valence electrons. The minimum Gasteiger partial charge on any atom is -0.492 e. The Labute approximate surface area is 146 Å². The van der Waals surface area contributed by atoms with Crippen molar-refractivity contribution in [2.45, 2.75) is 19.8 Å². The Morgan fingerprint density at radius 3 is 2.88 bits per heavy atom. The van der Waals surface area contributed by atoms with Gasteiger partial charge in [-0.1, -0.05) is 25.1 Å². The second-order valence-corrected chi connectivity index (χ2v) is 6.41. The molecule has 0 bridgehead atoms. The summed E-state index contributed by atoms with van der Waals surface area (Å²) in [6, 6.07) is 9.94. The molecule has 1 aliphatic heterocycles. The first-order valence-electron chi connectivity index (χ1n) is 9.05. The zero-order valence-electron chi connectivity index (χ0n) is 15.4. The van der Waals surface area contributed by atoms with E-state index >= 15 is 0 Å². The molecule has 0 aliphatic carbocycles. The van der Waals surface area contributed by atoms with Crippen LogP contribution in [0, 0.1) is 5.92 Å². The number of piperidine rings is 1. The fourth-order valence-electron chi connectivity index (χ4n) is 3.15. The maximum Gasteiger partial charge on any atom is 0.193 e. The zero-order valence-corrected chi connectivity index (χ0v) is 15.4. The molecule has 0 aromatic heterocycles. The number of benzene rings is 1. The Morgan fingerprint density at radius 1 is 1.38 bits per heavy atom. The van der Waals surface area contributed by atoms with E-state index in [1.54, 1.807) is 0 Å². The predicted octanol–water partition coefficient (Wildman–Crippen LogP) is 2.30. The van der Waals surface area contributed by atoms with Crippen LogP contribution < -0.4 is 10.1 Å². The summed E-state index contributed by atoms with van der Waals surface area (Å²) >= 11 is 0. The second-order valence-electron chi connectivity index (χ2n) is 6.41.